The van der Waals surface area contributed by atoms with Gasteiger partial charge in [-0.15, -0.1) is 0 Å². The smallest absolute Gasteiger partial charge is 0.366 e. The van der Waals surface area contributed by atoms with Crippen molar-refractivity contribution in [2.75, 3.05) is 23.8 Å². The van der Waals surface area contributed by atoms with Crippen LogP contribution in [0.5, 0.6) is 0 Å². The van der Waals surface area contributed by atoms with Gasteiger partial charge in [0.2, 0.25) is 0 Å². The number of benzene rings is 1. The second-order valence-electron chi connectivity index (χ2n) is 7.19. The summed E-state index contributed by atoms with van der Waals surface area (Å²) in [6.45, 7) is -0.845. The van der Waals surface area contributed by atoms with Crippen molar-refractivity contribution in [1.82, 2.24) is 9.24 Å². The van der Waals surface area contributed by atoms with E-state index in [1.165, 1.54) is 4.57 Å². The summed E-state index contributed by atoms with van der Waals surface area (Å²) in [6.07, 6.45) is -3.26. The van der Waals surface area contributed by atoms with Crippen molar-refractivity contribution in [3.63, 3.8) is 0 Å². The van der Waals surface area contributed by atoms with Gasteiger partial charge in [-0.3, -0.25) is 9.36 Å². The highest BCUT2D eigenvalue weighted by Crippen LogP contribution is 2.43. The Morgan fingerprint density at radius 3 is 2.36 bits per heavy atom. The maximum absolute atomic E-state index is 14.8. The molecule has 2 fully saturated rings. The molecule has 152 valence electrons. The Labute approximate surface area is 160 Å². The summed E-state index contributed by atoms with van der Waals surface area (Å²) in [6, 6.07) is -0.661. The third-order valence-corrected chi connectivity index (χ3v) is 5.64. The summed E-state index contributed by atoms with van der Waals surface area (Å²) < 4.78 is 55.8. The Hall–Kier alpha value is -2.27. The van der Waals surface area contributed by atoms with Crippen molar-refractivity contribution in [3.8, 4) is 0 Å². The number of hydrogen-bond acceptors (Lipinski definition) is 5. The molecule has 1 aliphatic carbocycles. The number of fused-ring (bicyclic) bond motifs is 1. The van der Waals surface area contributed by atoms with Crippen molar-refractivity contribution in [1.29, 1.82) is 0 Å². The first-order valence-electron chi connectivity index (χ1n) is 8.54. The lowest BCUT2D eigenvalue weighted by Gasteiger charge is -2.23. The number of nitrogens with zero attached hydrogens (tertiary/aromatic N) is 3. The number of alkyl halides is 3. The van der Waals surface area contributed by atoms with Crippen LogP contribution in [0.4, 0.5) is 23.2 Å². The summed E-state index contributed by atoms with van der Waals surface area (Å²) in [4.78, 5) is 25.9. The fraction of sp³-hybridized carbons (Fsp3) is 0.500. The van der Waals surface area contributed by atoms with Gasteiger partial charge in [0, 0.05) is 25.2 Å². The first kappa shape index (κ1) is 19.1. The Bertz CT molecular complexity index is 1090. The number of hydrogen-bond donors (Lipinski definition) is 2. The van der Waals surface area contributed by atoms with Gasteiger partial charge in [0.15, 0.2) is 0 Å². The quantitative estimate of drug-likeness (QED) is 0.563. The van der Waals surface area contributed by atoms with Gasteiger partial charge in [-0.25, -0.2) is 9.18 Å². The van der Waals surface area contributed by atoms with Crippen LogP contribution in [0.25, 0.3) is 10.9 Å². The normalized spacial score (nSPS) is 23.0. The lowest BCUT2D eigenvalue weighted by atomic mass is 10.0. The van der Waals surface area contributed by atoms with Crippen molar-refractivity contribution in [2.24, 2.45) is 11.7 Å². The molecule has 1 aliphatic heterocycles. The lowest BCUT2D eigenvalue weighted by Crippen LogP contribution is -2.44. The molecule has 1 aromatic heterocycles. The molecule has 2 unspecified atom stereocenters. The molecule has 0 spiro atoms. The van der Waals surface area contributed by atoms with Crippen LogP contribution >= 0.6 is 11.6 Å². The average Bonchev–Trinajstić information content (AvgIpc) is 3.35. The maximum atomic E-state index is 14.8. The Kier molecular flexibility index (Phi) is 4.16. The molecule has 2 atom stereocenters. The minimum absolute atomic E-state index is 0.0266. The van der Waals surface area contributed by atoms with Crippen molar-refractivity contribution < 1.29 is 17.6 Å². The van der Waals surface area contributed by atoms with Gasteiger partial charge in [0.1, 0.15) is 5.82 Å². The molecule has 12 heteroatoms. The van der Waals surface area contributed by atoms with Crippen LogP contribution in [0.2, 0.25) is 5.02 Å². The zero-order valence-electron chi connectivity index (χ0n) is 14.3. The number of halogens is 5. The van der Waals surface area contributed by atoms with E-state index >= 15 is 0 Å². The summed E-state index contributed by atoms with van der Waals surface area (Å²) in [5.74, 6) is 2.69. The lowest BCUT2D eigenvalue weighted by molar-refractivity contribution is -0.171. The van der Waals surface area contributed by atoms with E-state index in [-0.39, 0.29) is 34.2 Å². The molecule has 1 aromatic carbocycles. The van der Waals surface area contributed by atoms with E-state index in [9.17, 15) is 27.2 Å². The van der Waals surface area contributed by atoms with E-state index < -0.39 is 41.7 Å². The minimum atomic E-state index is -4.54. The molecule has 7 nitrogen and oxygen atoms in total. The molecule has 28 heavy (non-hydrogen) atoms. The molecule has 4 rings (SSSR count). The molecule has 0 radical (unpaired) electrons. The van der Waals surface area contributed by atoms with Crippen LogP contribution in [0, 0.1) is 11.7 Å². The number of rotatable bonds is 2. The largest absolute Gasteiger partial charge is 0.395 e. The monoisotopic (exact) mass is 421 g/mol. The van der Waals surface area contributed by atoms with Gasteiger partial charge in [-0.1, -0.05) is 11.6 Å². The molecule has 2 aromatic rings. The van der Waals surface area contributed by atoms with E-state index in [0.29, 0.717) is 17.5 Å². The number of nitrogens with two attached hydrogens (primary N) is 2. The van der Waals surface area contributed by atoms with Gasteiger partial charge in [-0.2, -0.15) is 17.8 Å². The van der Waals surface area contributed by atoms with Crippen LogP contribution in [0.1, 0.15) is 18.9 Å². The highest BCUT2D eigenvalue weighted by molar-refractivity contribution is 6.38. The van der Waals surface area contributed by atoms with E-state index in [1.807, 2.05) is 0 Å². The molecule has 0 amide bonds. The number of nitrogen functional groups attached to an aromatic ring is 1. The van der Waals surface area contributed by atoms with Gasteiger partial charge in [0.05, 0.1) is 27.5 Å². The van der Waals surface area contributed by atoms with Gasteiger partial charge >= 0.3 is 11.9 Å². The molecular formula is C16H16ClF4N5O2. The third kappa shape index (κ3) is 2.75. The molecule has 1 saturated carbocycles. The Balaban J connectivity index is 1.95. The van der Waals surface area contributed by atoms with E-state index in [0.717, 1.165) is 11.0 Å². The Morgan fingerprint density at radius 2 is 1.82 bits per heavy atom. The van der Waals surface area contributed by atoms with Gasteiger partial charge < -0.3 is 16.5 Å². The van der Waals surface area contributed by atoms with Crippen molar-refractivity contribution in [3.05, 3.63) is 37.7 Å². The molecule has 0 bridgehead atoms. The predicted octanol–water partition coefficient (Wildman–Crippen LogP) is 1.33. The number of aromatic nitrogens is 2. The van der Waals surface area contributed by atoms with E-state index in [1.54, 1.807) is 0 Å². The van der Waals surface area contributed by atoms with Crippen LogP contribution in [0.3, 0.4) is 0 Å². The zero-order chi connectivity index (χ0) is 20.5. The van der Waals surface area contributed by atoms with Gasteiger partial charge in [0.25, 0.3) is 5.56 Å². The van der Waals surface area contributed by atoms with Crippen LogP contribution in [-0.4, -0.2) is 34.6 Å². The molecule has 4 N–H and O–H groups in total. The molecule has 2 aliphatic rings. The van der Waals surface area contributed by atoms with Crippen molar-refractivity contribution >= 4 is 28.2 Å². The SMILES string of the molecule is NC1CN(c2c(F)cc3c(=O)n(N)c(=O)n(C4CC4)c3c2Cl)CC1C(F)(F)F. The second kappa shape index (κ2) is 6.11. The fourth-order valence-electron chi connectivity index (χ4n) is 3.74. The first-order chi connectivity index (χ1) is 13.0. The highest BCUT2D eigenvalue weighted by atomic mass is 35.5. The maximum Gasteiger partial charge on any atom is 0.395 e. The third-order valence-electron chi connectivity index (χ3n) is 5.28. The van der Waals surface area contributed by atoms with Crippen LogP contribution in [0.15, 0.2) is 15.7 Å². The average molecular weight is 422 g/mol. The molecule has 1 saturated heterocycles. The predicted molar refractivity (Wildman–Crippen MR) is 95.6 cm³/mol. The number of anilines is 1. The zero-order valence-corrected chi connectivity index (χ0v) is 15.1. The summed E-state index contributed by atoms with van der Waals surface area (Å²) in [5.41, 5.74) is 3.53. The van der Waals surface area contributed by atoms with Crippen molar-refractivity contribution in [2.45, 2.75) is 31.1 Å². The highest BCUT2D eigenvalue weighted by Gasteiger charge is 2.49. The molecule has 2 heterocycles. The second-order valence-corrected chi connectivity index (χ2v) is 7.57. The first-order valence-corrected chi connectivity index (χ1v) is 8.91. The fourth-order valence-corrected chi connectivity index (χ4v) is 4.15. The Morgan fingerprint density at radius 1 is 1.18 bits per heavy atom. The van der Waals surface area contributed by atoms with E-state index in [2.05, 4.69) is 0 Å². The summed E-state index contributed by atoms with van der Waals surface area (Å²) >= 11 is 6.36. The summed E-state index contributed by atoms with van der Waals surface area (Å²) in [5, 5.41) is -0.511. The van der Waals surface area contributed by atoms with Crippen LogP contribution in [-0.2, 0) is 0 Å². The van der Waals surface area contributed by atoms with Crippen LogP contribution < -0.4 is 27.7 Å². The topological polar surface area (TPSA) is 99.3 Å². The summed E-state index contributed by atoms with van der Waals surface area (Å²) in [7, 11) is 0. The molecular weight excluding hydrogens is 406 g/mol. The minimum Gasteiger partial charge on any atom is -0.366 e. The standard InChI is InChI=1S/C16H16ClF4N5O2/c17-11-12-7(14(27)26(23)15(28)25(12)6-1-2-6)3-9(18)13(11)24-4-8(10(22)5-24)16(19,20)21/h3,6,8,10H,1-2,4-5,22-23H2. The van der Waals surface area contributed by atoms with E-state index in [4.69, 9.17) is 23.2 Å². The van der Waals surface area contributed by atoms with Gasteiger partial charge in [-0.05, 0) is 18.9 Å².